The molecule has 1 saturated carbocycles. The Morgan fingerprint density at radius 3 is 2.87 bits per heavy atom. The van der Waals surface area contributed by atoms with E-state index in [0.29, 0.717) is 32.2 Å². The average molecular weight is 414 g/mol. The van der Waals surface area contributed by atoms with Crippen LogP contribution in [0.15, 0.2) is 30.6 Å². The van der Waals surface area contributed by atoms with E-state index in [4.69, 9.17) is 9.47 Å². The molecule has 2 aliphatic rings. The number of benzene rings is 1. The lowest BCUT2D eigenvalue weighted by atomic mass is 10.2. The first-order valence-electron chi connectivity index (χ1n) is 10.1. The summed E-state index contributed by atoms with van der Waals surface area (Å²) in [6.45, 7) is 1.92. The van der Waals surface area contributed by atoms with Crippen LogP contribution in [0.1, 0.15) is 18.4 Å². The third-order valence-corrected chi connectivity index (χ3v) is 5.34. The SMILES string of the molecule is COc1cccc(CN2CC(OCC3CC3)CN(C(=O)Cn3cnnn3)CC2=O)c1. The van der Waals surface area contributed by atoms with Crippen molar-refractivity contribution in [1.82, 2.24) is 30.0 Å². The highest BCUT2D eigenvalue weighted by Gasteiger charge is 2.32. The Labute approximate surface area is 174 Å². The molecule has 1 aliphatic heterocycles. The molecule has 0 bridgehead atoms. The summed E-state index contributed by atoms with van der Waals surface area (Å²) in [4.78, 5) is 29.1. The quantitative estimate of drug-likeness (QED) is 0.614. The highest BCUT2D eigenvalue weighted by atomic mass is 16.5. The zero-order valence-corrected chi connectivity index (χ0v) is 17.0. The maximum Gasteiger partial charge on any atom is 0.245 e. The Hall–Kier alpha value is -3.01. The second-order valence-electron chi connectivity index (χ2n) is 7.81. The normalized spacial score (nSPS) is 19.6. The van der Waals surface area contributed by atoms with Gasteiger partial charge in [0.05, 0.1) is 19.8 Å². The Bertz CT molecular complexity index is 870. The highest BCUT2D eigenvalue weighted by molar-refractivity contribution is 5.85. The van der Waals surface area contributed by atoms with Gasteiger partial charge in [-0.2, -0.15) is 0 Å². The van der Waals surface area contributed by atoms with Gasteiger partial charge in [0.1, 0.15) is 18.6 Å². The average Bonchev–Trinajstić information content (AvgIpc) is 3.47. The van der Waals surface area contributed by atoms with E-state index < -0.39 is 0 Å². The lowest BCUT2D eigenvalue weighted by Crippen LogP contribution is -2.41. The first-order valence-corrected chi connectivity index (χ1v) is 10.1. The fraction of sp³-hybridized carbons (Fsp3) is 0.550. The Morgan fingerprint density at radius 2 is 2.13 bits per heavy atom. The molecule has 1 unspecified atom stereocenters. The summed E-state index contributed by atoms with van der Waals surface area (Å²) >= 11 is 0. The minimum absolute atomic E-state index is 0.00815. The molecule has 1 aromatic heterocycles. The second kappa shape index (κ2) is 9.21. The molecule has 2 amide bonds. The van der Waals surface area contributed by atoms with Gasteiger partial charge in [0.25, 0.3) is 0 Å². The van der Waals surface area contributed by atoms with Crippen LogP contribution in [-0.2, 0) is 27.4 Å². The lowest BCUT2D eigenvalue weighted by molar-refractivity contribution is -0.139. The van der Waals surface area contributed by atoms with Crippen LogP contribution < -0.4 is 4.74 Å². The number of aromatic nitrogens is 4. The Kier molecular flexibility index (Phi) is 6.22. The number of carbonyl (C=O) groups is 2. The Morgan fingerprint density at radius 1 is 1.27 bits per heavy atom. The number of nitrogens with zero attached hydrogens (tertiary/aromatic N) is 6. The maximum atomic E-state index is 13.0. The fourth-order valence-electron chi connectivity index (χ4n) is 3.47. The summed E-state index contributed by atoms with van der Waals surface area (Å²) in [6, 6.07) is 7.65. The third kappa shape index (κ3) is 5.32. The van der Waals surface area contributed by atoms with Crippen LogP contribution >= 0.6 is 0 Å². The second-order valence-corrected chi connectivity index (χ2v) is 7.81. The first kappa shape index (κ1) is 20.3. The number of methoxy groups -OCH3 is 1. The number of hydrogen-bond acceptors (Lipinski definition) is 7. The predicted molar refractivity (Wildman–Crippen MR) is 105 cm³/mol. The molecule has 1 aliphatic carbocycles. The van der Waals surface area contributed by atoms with E-state index in [1.807, 2.05) is 24.3 Å². The van der Waals surface area contributed by atoms with E-state index in [2.05, 4.69) is 15.5 Å². The van der Waals surface area contributed by atoms with Gasteiger partial charge in [-0.05, 0) is 46.9 Å². The molecule has 10 nitrogen and oxygen atoms in total. The Balaban J connectivity index is 1.47. The van der Waals surface area contributed by atoms with Crippen molar-refractivity contribution in [3.63, 3.8) is 0 Å². The van der Waals surface area contributed by atoms with Gasteiger partial charge in [-0.1, -0.05) is 12.1 Å². The maximum absolute atomic E-state index is 13.0. The summed E-state index contributed by atoms with van der Waals surface area (Å²) in [5.41, 5.74) is 0.970. The van der Waals surface area contributed by atoms with E-state index >= 15 is 0 Å². The molecule has 160 valence electrons. The third-order valence-electron chi connectivity index (χ3n) is 5.34. The van der Waals surface area contributed by atoms with Gasteiger partial charge in [-0.3, -0.25) is 9.59 Å². The number of carbonyl (C=O) groups excluding carboxylic acids is 2. The molecular weight excluding hydrogens is 388 g/mol. The summed E-state index contributed by atoms with van der Waals surface area (Å²) in [5.74, 6) is 1.02. The molecule has 0 radical (unpaired) electrons. The van der Waals surface area contributed by atoms with Crippen molar-refractivity contribution in [2.45, 2.75) is 32.0 Å². The van der Waals surface area contributed by atoms with E-state index in [1.54, 1.807) is 16.9 Å². The summed E-state index contributed by atoms with van der Waals surface area (Å²) in [6.07, 6.45) is 3.51. The van der Waals surface area contributed by atoms with Gasteiger partial charge in [0.15, 0.2) is 0 Å². The summed E-state index contributed by atoms with van der Waals surface area (Å²) < 4.78 is 12.7. The van der Waals surface area contributed by atoms with Crippen molar-refractivity contribution in [3.05, 3.63) is 36.2 Å². The molecule has 1 atom stereocenters. The monoisotopic (exact) mass is 414 g/mol. The number of ether oxygens (including phenoxy) is 2. The standard InChI is InChI=1S/C20H26N6O4/c1-29-17-4-2-3-16(7-17)8-24-9-18(30-13-15-5-6-15)10-25(11-19(24)27)20(28)12-26-14-21-22-23-26/h2-4,7,14-15,18H,5-6,8-13H2,1H3. The van der Waals surface area contributed by atoms with Crippen molar-refractivity contribution < 1.29 is 19.1 Å². The van der Waals surface area contributed by atoms with Crippen molar-refractivity contribution in [2.24, 2.45) is 5.92 Å². The molecular formula is C20H26N6O4. The number of hydrogen-bond donors (Lipinski definition) is 0. The van der Waals surface area contributed by atoms with Crippen LogP contribution in [0.2, 0.25) is 0 Å². The number of rotatable bonds is 8. The molecule has 0 N–H and O–H groups in total. The van der Waals surface area contributed by atoms with Gasteiger partial charge < -0.3 is 19.3 Å². The van der Waals surface area contributed by atoms with Crippen molar-refractivity contribution in [3.8, 4) is 5.75 Å². The van der Waals surface area contributed by atoms with Gasteiger partial charge in [0.2, 0.25) is 11.8 Å². The molecule has 1 aromatic carbocycles. The number of amides is 2. The molecule has 4 rings (SSSR count). The summed E-state index contributed by atoms with van der Waals surface area (Å²) in [7, 11) is 1.62. The van der Waals surface area contributed by atoms with Crippen LogP contribution in [0.25, 0.3) is 0 Å². The predicted octanol–water partition coefficient (Wildman–Crippen LogP) is 0.348. The number of tetrazole rings is 1. The first-order chi connectivity index (χ1) is 14.6. The van der Waals surface area contributed by atoms with Gasteiger partial charge in [-0.25, -0.2) is 4.68 Å². The smallest absolute Gasteiger partial charge is 0.245 e. The van der Waals surface area contributed by atoms with Crippen LogP contribution in [0.4, 0.5) is 0 Å². The van der Waals surface area contributed by atoms with Gasteiger partial charge in [-0.15, -0.1) is 5.10 Å². The van der Waals surface area contributed by atoms with E-state index in [9.17, 15) is 9.59 Å². The fourth-order valence-corrected chi connectivity index (χ4v) is 3.47. The minimum atomic E-state index is -0.236. The van der Waals surface area contributed by atoms with Crippen LogP contribution in [0.5, 0.6) is 5.75 Å². The van der Waals surface area contributed by atoms with E-state index in [1.165, 1.54) is 23.9 Å². The molecule has 0 spiro atoms. The highest BCUT2D eigenvalue weighted by Crippen LogP contribution is 2.29. The molecule has 10 heteroatoms. The van der Waals surface area contributed by atoms with Crippen molar-refractivity contribution in [2.75, 3.05) is 33.4 Å². The van der Waals surface area contributed by atoms with E-state index in [-0.39, 0.29) is 31.0 Å². The minimum Gasteiger partial charge on any atom is -0.497 e. The largest absolute Gasteiger partial charge is 0.497 e. The van der Waals surface area contributed by atoms with Crippen molar-refractivity contribution >= 4 is 11.8 Å². The van der Waals surface area contributed by atoms with Gasteiger partial charge in [0, 0.05) is 26.2 Å². The molecule has 30 heavy (non-hydrogen) atoms. The van der Waals surface area contributed by atoms with Crippen LogP contribution in [-0.4, -0.2) is 81.3 Å². The molecule has 2 heterocycles. The zero-order chi connectivity index (χ0) is 20.9. The topological polar surface area (TPSA) is 103 Å². The van der Waals surface area contributed by atoms with Gasteiger partial charge >= 0.3 is 0 Å². The molecule has 2 fully saturated rings. The summed E-state index contributed by atoms with van der Waals surface area (Å²) in [5, 5.41) is 10.8. The van der Waals surface area contributed by atoms with Crippen molar-refractivity contribution in [1.29, 1.82) is 0 Å². The van der Waals surface area contributed by atoms with Crippen LogP contribution in [0, 0.1) is 5.92 Å². The zero-order valence-electron chi connectivity index (χ0n) is 17.0. The van der Waals surface area contributed by atoms with Crippen LogP contribution in [0.3, 0.4) is 0 Å². The molecule has 1 saturated heterocycles. The lowest BCUT2D eigenvalue weighted by Gasteiger charge is -2.25. The van der Waals surface area contributed by atoms with E-state index in [0.717, 1.165) is 11.3 Å². The molecule has 2 aromatic rings.